The van der Waals surface area contributed by atoms with E-state index >= 15 is 0 Å². The monoisotopic (exact) mass is 868 g/mol. The van der Waals surface area contributed by atoms with Gasteiger partial charge < -0.3 is 44.8 Å². The number of allylic oxidation sites excluding steroid dienone is 8. The van der Waals surface area contributed by atoms with Crippen molar-refractivity contribution in [3.63, 3.8) is 0 Å². The molecule has 2 amide bonds. The number of carboxylic acids is 1. The Morgan fingerprint density at radius 3 is 1.63 bits per heavy atom. The van der Waals surface area contributed by atoms with Gasteiger partial charge in [-0.3, -0.25) is 9.59 Å². The van der Waals surface area contributed by atoms with Crippen molar-refractivity contribution in [2.45, 2.75) is 175 Å². The van der Waals surface area contributed by atoms with Crippen LogP contribution in [-0.4, -0.2) is 89.1 Å². The number of aromatic hydroxyl groups is 2. The van der Waals surface area contributed by atoms with Gasteiger partial charge in [0.1, 0.15) is 40.2 Å². The number of hydrogen-bond donors (Lipinski definition) is 5. The third kappa shape index (κ3) is 10.3. The summed E-state index contributed by atoms with van der Waals surface area (Å²) in [7, 11) is 0. The molecule has 5 unspecified atom stereocenters. The molecule has 4 aliphatic rings. The minimum Gasteiger partial charge on any atom is -0.508 e. The number of aliphatic hydroxyl groups excluding tert-OH is 2. The lowest BCUT2D eigenvalue weighted by molar-refractivity contribution is -0.142. The highest BCUT2D eigenvalue weighted by molar-refractivity contribution is 6.02. The summed E-state index contributed by atoms with van der Waals surface area (Å²) in [6.45, 7) is 16.5. The number of fused-ring (bicyclic) bond motifs is 6. The van der Waals surface area contributed by atoms with Gasteiger partial charge in [-0.1, -0.05) is 46.6 Å². The molecule has 0 radical (unpaired) electrons. The minimum absolute atomic E-state index is 0.0456. The fraction of sp³-hybridized carbons (Fsp3) is 0.549. The SMILES string of the molecule is CC(C)=CCC/C(C)=C/CCC1(C)Oc2c(c(O)cc3c2CN(CCCC(C(=O)O)N2Cc4c(cc(O)c5c4OC(C)(CC/C=C(\C)CCC=C(C)C)C(O)C5)C2=O)C3=O)CC1O. The van der Waals surface area contributed by atoms with Crippen LogP contribution in [-0.2, 0) is 30.7 Å². The first-order valence-electron chi connectivity index (χ1n) is 22.6. The van der Waals surface area contributed by atoms with Crippen molar-refractivity contribution < 1.29 is 49.4 Å². The topological polar surface area (TPSA) is 177 Å². The second-order valence-corrected chi connectivity index (χ2v) is 19.2. The number of ether oxygens (including phenoxy) is 2. The number of carbonyl (C=O) groups excluding carboxylic acids is 2. The highest BCUT2D eigenvalue weighted by Crippen LogP contribution is 2.48. The first-order valence-corrected chi connectivity index (χ1v) is 22.6. The van der Waals surface area contributed by atoms with Crippen LogP contribution in [0, 0.1) is 0 Å². The maximum Gasteiger partial charge on any atom is 0.326 e. The summed E-state index contributed by atoms with van der Waals surface area (Å²) in [5, 5.41) is 55.0. The van der Waals surface area contributed by atoms with Crippen LogP contribution in [0.15, 0.2) is 58.7 Å². The molecule has 2 aromatic carbocycles. The average Bonchev–Trinajstić information content (AvgIpc) is 3.69. The second kappa shape index (κ2) is 19.4. The van der Waals surface area contributed by atoms with E-state index in [4.69, 9.17) is 9.47 Å². The molecule has 0 saturated heterocycles. The molecule has 4 aliphatic heterocycles. The molecule has 5 atom stereocenters. The molecule has 0 saturated carbocycles. The van der Waals surface area contributed by atoms with Gasteiger partial charge in [0.2, 0.25) is 0 Å². The minimum atomic E-state index is -1.23. The number of nitrogens with zero attached hydrogens (tertiary/aromatic N) is 2. The van der Waals surface area contributed by atoms with Crippen molar-refractivity contribution in [2.75, 3.05) is 6.54 Å². The van der Waals surface area contributed by atoms with Crippen molar-refractivity contribution in [3.05, 3.63) is 92.1 Å². The third-order valence-electron chi connectivity index (χ3n) is 13.5. The molecular weight excluding hydrogens is 801 g/mol. The van der Waals surface area contributed by atoms with Gasteiger partial charge in [-0.2, -0.15) is 0 Å². The first kappa shape index (κ1) is 47.4. The van der Waals surface area contributed by atoms with Gasteiger partial charge >= 0.3 is 5.97 Å². The van der Waals surface area contributed by atoms with Crippen LogP contribution in [0.3, 0.4) is 0 Å². The van der Waals surface area contributed by atoms with E-state index in [1.165, 1.54) is 39.3 Å². The number of hydrogen-bond acceptors (Lipinski definition) is 9. The molecule has 0 spiro atoms. The summed E-state index contributed by atoms with van der Waals surface area (Å²) in [6, 6.07) is 1.55. The first-order chi connectivity index (χ1) is 29.7. The van der Waals surface area contributed by atoms with Crippen molar-refractivity contribution in [3.8, 4) is 23.0 Å². The number of aliphatic carboxylic acids is 1. The van der Waals surface area contributed by atoms with E-state index < -0.39 is 41.3 Å². The normalized spacial score (nSPS) is 23.3. The van der Waals surface area contributed by atoms with Crippen LogP contribution in [0.25, 0.3) is 0 Å². The van der Waals surface area contributed by atoms with Crippen LogP contribution in [0.5, 0.6) is 23.0 Å². The van der Waals surface area contributed by atoms with Gasteiger partial charge in [0.25, 0.3) is 11.8 Å². The quantitative estimate of drug-likeness (QED) is 0.0909. The molecule has 4 heterocycles. The third-order valence-corrected chi connectivity index (χ3v) is 13.5. The van der Waals surface area contributed by atoms with E-state index in [2.05, 4.69) is 65.8 Å². The molecular formula is C51H68N2O10. The number of rotatable bonds is 18. The highest BCUT2D eigenvalue weighted by Gasteiger charge is 2.47. The van der Waals surface area contributed by atoms with Crippen molar-refractivity contribution >= 4 is 17.8 Å². The number of aliphatic hydroxyl groups is 2. The van der Waals surface area contributed by atoms with Gasteiger partial charge in [-0.15, -0.1) is 0 Å². The Kier molecular flexibility index (Phi) is 14.6. The zero-order valence-electron chi connectivity index (χ0n) is 38.5. The molecule has 12 nitrogen and oxygen atoms in total. The van der Waals surface area contributed by atoms with Crippen molar-refractivity contribution in [1.29, 1.82) is 0 Å². The van der Waals surface area contributed by atoms with Crippen LogP contribution < -0.4 is 9.47 Å². The Hall–Kier alpha value is -5.07. The second-order valence-electron chi connectivity index (χ2n) is 19.2. The lowest BCUT2D eigenvalue weighted by Gasteiger charge is -2.41. The standard InChI is InChI=1S/C51H68N2O10/c1-30(2)14-9-16-32(5)18-11-21-50(7)43(56)26-36-41(54)24-34-38(45(36)62-50)28-52(47(34)58)23-13-20-40(49(60)61)53-29-39-35(48(53)59)25-42(55)37-27-44(57)51(8,63-46(37)39)22-12-19-33(6)17-10-15-31(3)4/h14-15,18-19,24-25,40,43-44,54-57H,9-13,16-17,20-23,26-29H2,1-8H3,(H,60,61)/b32-18+,33-19+. The zero-order valence-corrected chi connectivity index (χ0v) is 38.5. The Labute approximate surface area is 372 Å². The molecule has 0 fully saturated rings. The molecule has 12 heteroatoms. The van der Waals surface area contributed by atoms with E-state index in [1.807, 2.05) is 13.8 Å². The maximum atomic E-state index is 13.9. The summed E-state index contributed by atoms with van der Waals surface area (Å²) in [5.41, 5.74) is 5.57. The van der Waals surface area contributed by atoms with Gasteiger partial charge in [0, 0.05) is 41.6 Å². The predicted octanol–water partition coefficient (Wildman–Crippen LogP) is 9.00. The summed E-state index contributed by atoms with van der Waals surface area (Å²) in [4.78, 5) is 43.4. The maximum absolute atomic E-state index is 13.9. The lowest BCUT2D eigenvalue weighted by Crippen LogP contribution is -2.49. The summed E-state index contributed by atoms with van der Waals surface area (Å²) < 4.78 is 13.1. The molecule has 0 bridgehead atoms. The highest BCUT2D eigenvalue weighted by atomic mass is 16.5. The van der Waals surface area contributed by atoms with Crippen LogP contribution in [0.4, 0.5) is 0 Å². The van der Waals surface area contributed by atoms with E-state index in [0.29, 0.717) is 65.0 Å². The Balaban J connectivity index is 1.11. The smallest absolute Gasteiger partial charge is 0.326 e. The molecule has 342 valence electrons. The van der Waals surface area contributed by atoms with Crippen LogP contribution in [0.1, 0.15) is 163 Å². The number of phenols is 2. The van der Waals surface area contributed by atoms with Crippen LogP contribution in [0.2, 0.25) is 0 Å². The number of benzene rings is 2. The molecule has 0 aliphatic carbocycles. The number of carboxylic acid groups (broad SMARTS) is 1. The Bertz CT molecular complexity index is 2230. The van der Waals surface area contributed by atoms with Gasteiger partial charge in [-0.05, 0) is 132 Å². The fourth-order valence-electron chi connectivity index (χ4n) is 9.40. The van der Waals surface area contributed by atoms with Crippen molar-refractivity contribution in [1.82, 2.24) is 9.80 Å². The zero-order chi connectivity index (χ0) is 46.0. The van der Waals surface area contributed by atoms with E-state index in [9.17, 15) is 39.9 Å². The van der Waals surface area contributed by atoms with E-state index in [-0.39, 0.29) is 68.3 Å². The number of phenolic OH excluding ortho intramolecular Hbond substituents is 2. The summed E-state index contributed by atoms with van der Waals surface area (Å²) in [6.07, 6.45) is 13.8. The predicted molar refractivity (Wildman–Crippen MR) is 242 cm³/mol. The molecule has 6 rings (SSSR count). The summed E-state index contributed by atoms with van der Waals surface area (Å²) in [5.74, 6) is -1.60. The van der Waals surface area contributed by atoms with Gasteiger partial charge in [0.15, 0.2) is 0 Å². The fourth-order valence-corrected chi connectivity index (χ4v) is 9.40. The van der Waals surface area contributed by atoms with E-state index in [1.54, 1.807) is 4.90 Å². The summed E-state index contributed by atoms with van der Waals surface area (Å²) >= 11 is 0. The molecule has 5 N–H and O–H groups in total. The largest absolute Gasteiger partial charge is 0.508 e. The van der Waals surface area contributed by atoms with Gasteiger partial charge in [-0.25, -0.2) is 4.79 Å². The lowest BCUT2D eigenvalue weighted by atomic mass is 9.84. The van der Waals surface area contributed by atoms with Crippen LogP contribution >= 0.6 is 0 Å². The Morgan fingerprint density at radius 2 is 1.17 bits per heavy atom. The van der Waals surface area contributed by atoms with Gasteiger partial charge in [0.05, 0.1) is 36.4 Å². The number of amides is 2. The van der Waals surface area contributed by atoms with Crippen molar-refractivity contribution in [2.24, 2.45) is 0 Å². The molecule has 63 heavy (non-hydrogen) atoms. The molecule has 0 aromatic heterocycles. The van der Waals surface area contributed by atoms with E-state index in [0.717, 1.165) is 25.7 Å². The Morgan fingerprint density at radius 1 is 0.714 bits per heavy atom. The molecule has 2 aromatic rings. The average molecular weight is 869 g/mol. The number of carbonyl (C=O) groups is 3.